The van der Waals surface area contributed by atoms with E-state index in [1.807, 2.05) is 12.1 Å². The minimum Gasteiger partial charge on any atom is -0.474 e. The minimum atomic E-state index is 0.0313. The molecule has 2 aliphatic carbocycles. The van der Waals surface area contributed by atoms with Crippen molar-refractivity contribution in [2.75, 3.05) is 0 Å². The van der Waals surface area contributed by atoms with E-state index in [0.29, 0.717) is 11.3 Å². The zero-order chi connectivity index (χ0) is 13.7. The highest BCUT2D eigenvalue weighted by Crippen LogP contribution is 2.66. The Hall–Kier alpha value is -1.09. The molecule has 2 bridgehead atoms. The smallest absolute Gasteiger partial charge is 0.213 e. The highest BCUT2D eigenvalue weighted by Gasteiger charge is 2.62. The monoisotopic (exact) mass is 261 g/mol. The molecule has 0 saturated heterocycles. The quantitative estimate of drug-likeness (QED) is 0.908. The van der Waals surface area contributed by atoms with E-state index in [9.17, 15) is 0 Å². The van der Waals surface area contributed by atoms with E-state index in [4.69, 9.17) is 9.84 Å². The molecule has 1 heterocycles. The van der Waals surface area contributed by atoms with Crippen molar-refractivity contribution in [2.45, 2.75) is 52.7 Å². The highest BCUT2D eigenvalue weighted by atomic mass is 16.5. The zero-order valence-corrected chi connectivity index (χ0v) is 12.0. The van der Waals surface area contributed by atoms with Gasteiger partial charge in [-0.05, 0) is 42.2 Å². The number of pyridine rings is 1. The minimum absolute atomic E-state index is 0.0313. The molecule has 104 valence electrons. The molecular weight excluding hydrogens is 238 g/mol. The number of aliphatic hydroxyl groups excluding tert-OH is 1. The summed E-state index contributed by atoms with van der Waals surface area (Å²) in [6.45, 7) is 7.17. The first kappa shape index (κ1) is 12.9. The van der Waals surface area contributed by atoms with Crippen molar-refractivity contribution in [1.82, 2.24) is 4.98 Å². The van der Waals surface area contributed by atoms with E-state index >= 15 is 0 Å². The van der Waals surface area contributed by atoms with Crippen LogP contribution in [0.15, 0.2) is 18.3 Å². The van der Waals surface area contributed by atoms with Gasteiger partial charge in [-0.25, -0.2) is 4.98 Å². The Morgan fingerprint density at radius 1 is 1.37 bits per heavy atom. The average molecular weight is 261 g/mol. The van der Waals surface area contributed by atoms with Gasteiger partial charge < -0.3 is 9.84 Å². The lowest BCUT2D eigenvalue weighted by Gasteiger charge is -2.38. The number of fused-ring (bicyclic) bond motifs is 2. The maximum Gasteiger partial charge on any atom is 0.213 e. The molecule has 2 saturated carbocycles. The summed E-state index contributed by atoms with van der Waals surface area (Å²) in [4.78, 5) is 4.29. The average Bonchev–Trinajstić information content (AvgIpc) is 2.73. The molecule has 0 aliphatic heterocycles. The Morgan fingerprint density at radius 2 is 2.16 bits per heavy atom. The summed E-state index contributed by atoms with van der Waals surface area (Å²) in [5.74, 6) is 1.46. The lowest BCUT2D eigenvalue weighted by molar-refractivity contribution is 0.0273. The number of hydrogen-bond donors (Lipinski definition) is 1. The van der Waals surface area contributed by atoms with Crippen LogP contribution in [0.4, 0.5) is 0 Å². The Bertz CT molecular complexity index is 468. The van der Waals surface area contributed by atoms with E-state index in [0.717, 1.165) is 17.9 Å². The van der Waals surface area contributed by atoms with Crippen molar-refractivity contribution < 1.29 is 9.84 Å². The van der Waals surface area contributed by atoms with Crippen LogP contribution >= 0.6 is 0 Å². The largest absolute Gasteiger partial charge is 0.474 e. The number of rotatable bonds is 3. The Kier molecular flexibility index (Phi) is 2.86. The van der Waals surface area contributed by atoms with E-state index in [-0.39, 0.29) is 18.1 Å². The third-order valence-electron chi connectivity index (χ3n) is 5.96. The lowest BCUT2D eigenvalue weighted by atomic mass is 9.70. The first-order valence-electron chi connectivity index (χ1n) is 7.20. The van der Waals surface area contributed by atoms with E-state index in [1.165, 1.54) is 12.8 Å². The Morgan fingerprint density at radius 3 is 2.63 bits per heavy atom. The van der Waals surface area contributed by atoms with Crippen LogP contribution in [0.1, 0.15) is 45.6 Å². The lowest BCUT2D eigenvalue weighted by Crippen LogP contribution is -2.39. The Labute approximate surface area is 115 Å². The number of ether oxygens (including phenoxy) is 1. The fourth-order valence-electron chi connectivity index (χ4n) is 4.03. The predicted molar refractivity (Wildman–Crippen MR) is 73.8 cm³/mol. The molecule has 0 spiro atoms. The normalized spacial score (nSPS) is 35.6. The van der Waals surface area contributed by atoms with Crippen molar-refractivity contribution in [3.63, 3.8) is 0 Å². The predicted octanol–water partition coefficient (Wildman–Crippen LogP) is 3.17. The van der Waals surface area contributed by atoms with Crippen molar-refractivity contribution in [2.24, 2.45) is 16.7 Å². The van der Waals surface area contributed by atoms with Gasteiger partial charge in [0, 0.05) is 17.7 Å². The molecule has 1 aromatic heterocycles. The molecule has 1 aromatic rings. The molecule has 3 rings (SSSR count). The van der Waals surface area contributed by atoms with E-state index < -0.39 is 0 Å². The number of nitrogens with zero attached hydrogens (tertiary/aromatic N) is 1. The van der Waals surface area contributed by atoms with Crippen LogP contribution in [0.25, 0.3) is 0 Å². The topological polar surface area (TPSA) is 42.4 Å². The van der Waals surface area contributed by atoms with Gasteiger partial charge in [-0.1, -0.05) is 20.8 Å². The number of aliphatic hydroxyl groups is 1. The first-order chi connectivity index (χ1) is 8.97. The molecule has 0 amide bonds. The van der Waals surface area contributed by atoms with Gasteiger partial charge in [-0.3, -0.25) is 0 Å². The van der Waals surface area contributed by atoms with Crippen LogP contribution in [0.5, 0.6) is 5.88 Å². The molecule has 3 heteroatoms. The molecule has 2 aliphatic rings. The molecule has 3 unspecified atom stereocenters. The fraction of sp³-hybridized carbons (Fsp3) is 0.688. The summed E-state index contributed by atoms with van der Waals surface area (Å²) in [7, 11) is 0. The third kappa shape index (κ3) is 1.78. The summed E-state index contributed by atoms with van der Waals surface area (Å²) >= 11 is 0. The highest BCUT2D eigenvalue weighted by molar-refractivity contribution is 5.19. The molecule has 19 heavy (non-hydrogen) atoms. The second kappa shape index (κ2) is 4.20. The van der Waals surface area contributed by atoms with E-state index in [1.54, 1.807) is 6.20 Å². The standard InChI is InChI=1S/C16H23NO2/c1-15(2)12-6-7-16(15,3)13(8-12)19-14-5-4-11(10-18)9-17-14/h4-5,9,12-13,18H,6-8,10H2,1-3H3. The van der Waals surface area contributed by atoms with Crippen molar-refractivity contribution >= 4 is 0 Å². The third-order valence-corrected chi connectivity index (χ3v) is 5.96. The van der Waals surface area contributed by atoms with Crippen LogP contribution < -0.4 is 4.74 Å². The number of hydrogen-bond acceptors (Lipinski definition) is 3. The summed E-state index contributed by atoms with van der Waals surface area (Å²) in [5.41, 5.74) is 1.45. The van der Waals surface area contributed by atoms with Crippen LogP contribution in [-0.4, -0.2) is 16.2 Å². The first-order valence-corrected chi connectivity index (χ1v) is 7.20. The van der Waals surface area contributed by atoms with Gasteiger partial charge in [-0.15, -0.1) is 0 Å². The van der Waals surface area contributed by atoms with Crippen molar-refractivity contribution in [3.05, 3.63) is 23.9 Å². The van der Waals surface area contributed by atoms with Gasteiger partial charge in [0.05, 0.1) is 6.61 Å². The van der Waals surface area contributed by atoms with E-state index in [2.05, 4.69) is 25.8 Å². The van der Waals surface area contributed by atoms with Gasteiger partial charge in [-0.2, -0.15) is 0 Å². The zero-order valence-electron chi connectivity index (χ0n) is 12.0. The van der Waals surface area contributed by atoms with Gasteiger partial charge in [0.25, 0.3) is 0 Å². The summed E-state index contributed by atoms with van der Waals surface area (Å²) < 4.78 is 6.15. The molecule has 1 N–H and O–H groups in total. The molecule has 0 aromatic carbocycles. The van der Waals surface area contributed by atoms with Crippen LogP contribution in [-0.2, 0) is 6.61 Å². The second-order valence-electron chi connectivity index (χ2n) is 6.88. The molecule has 0 radical (unpaired) electrons. The molecule has 3 atom stereocenters. The molecule has 2 fully saturated rings. The van der Waals surface area contributed by atoms with Crippen molar-refractivity contribution in [1.29, 1.82) is 0 Å². The van der Waals surface area contributed by atoms with Gasteiger partial charge >= 0.3 is 0 Å². The van der Waals surface area contributed by atoms with Crippen LogP contribution in [0, 0.1) is 16.7 Å². The maximum atomic E-state index is 9.03. The van der Waals surface area contributed by atoms with Gasteiger partial charge in [0.2, 0.25) is 5.88 Å². The maximum absolute atomic E-state index is 9.03. The summed E-state index contributed by atoms with van der Waals surface area (Å²) in [6.07, 6.45) is 5.70. The molecular formula is C16H23NO2. The number of aromatic nitrogens is 1. The van der Waals surface area contributed by atoms with Gasteiger partial charge in [0.15, 0.2) is 0 Å². The summed E-state index contributed by atoms with van der Waals surface area (Å²) in [6, 6.07) is 3.75. The molecule has 3 nitrogen and oxygen atoms in total. The second-order valence-corrected chi connectivity index (χ2v) is 6.88. The van der Waals surface area contributed by atoms with Crippen molar-refractivity contribution in [3.8, 4) is 5.88 Å². The van der Waals surface area contributed by atoms with Gasteiger partial charge in [0.1, 0.15) is 6.10 Å². The van der Waals surface area contributed by atoms with Crippen LogP contribution in [0.3, 0.4) is 0 Å². The summed E-state index contributed by atoms with van der Waals surface area (Å²) in [5, 5.41) is 9.03. The SMILES string of the molecule is CC1(C)C2CCC1(C)C(Oc1ccc(CO)cn1)C2. The fourth-order valence-corrected chi connectivity index (χ4v) is 4.03. The Balaban J connectivity index is 1.78. The van der Waals surface area contributed by atoms with Crippen LogP contribution in [0.2, 0.25) is 0 Å².